The summed E-state index contributed by atoms with van der Waals surface area (Å²) in [6.07, 6.45) is 3.04. The van der Waals surface area contributed by atoms with E-state index in [1.54, 1.807) is 37.3 Å². The Bertz CT molecular complexity index is 1480. The fraction of sp³-hybridized carbons (Fsp3) is 0.120. The van der Waals surface area contributed by atoms with Crippen LogP contribution in [0.1, 0.15) is 12.5 Å². The molecule has 0 atom stereocenters. The molecule has 184 valence electrons. The molecule has 0 fully saturated rings. The monoisotopic (exact) mass is 505 g/mol. The standard InChI is InChI=1S/C25H23N5O5S/c1-17(18-10-5-4-6-11-18)16-36(31,32)30-22-21(35-20-13-8-7-12-19(20)33-2)25(34-3)29-24(28-22)23-26-14-9-15-27-23/h4-16H,1-3H3,(H,28,29,30)/b17-16+. The van der Waals surface area contributed by atoms with Gasteiger partial charge in [0.05, 0.1) is 19.6 Å². The van der Waals surface area contributed by atoms with Crippen LogP contribution in [0.2, 0.25) is 0 Å². The van der Waals surface area contributed by atoms with E-state index in [-0.39, 0.29) is 29.1 Å². The molecule has 0 aliphatic carbocycles. The molecule has 0 saturated carbocycles. The predicted octanol–water partition coefficient (Wildman–Crippen LogP) is 4.55. The highest BCUT2D eigenvalue weighted by Gasteiger charge is 2.24. The van der Waals surface area contributed by atoms with Crippen LogP contribution in [0.5, 0.6) is 23.1 Å². The van der Waals surface area contributed by atoms with Crippen LogP contribution in [0, 0.1) is 0 Å². The Morgan fingerprint density at radius 2 is 1.50 bits per heavy atom. The van der Waals surface area contributed by atoms with E-state index < -0.39 is 10.0 Å². The molecule has 0 aliphatic rings. The van der Waals surface area contributed by atoms with E-state index in [4.69, 9.17) is 14.2 Å². The summed E-state index contributed by atoms with van der Waals surface area (Å²) >= 11 is 0. The summed E-state index contributed by atoms with van der Waals surface area (Å²) < 4.78 is 45.6. The minimum Gasteiger partial charge on any atom is -0.493 e. The number of sulfonamides is 1. The number of allylic oxidation sites excluding steroid dienone is 1. The molecule has 36 heavy (non-hydrogen) atoms. The van der Waals surface area contributed by atoms with Gasteiger partial charge < -0.3 is 14.2 Å². The Balaban J connectivity index is 1.82. The van der Waals surface area contributed by atoms with Crippen LogP contribution in [-0.2, 0) is 10.0 Å². The van der Waals surface area contributed by atoms with E-state index in [2.05, 4.69) is 24.7 Å². The first-order valence-electron chi connectivity index (χ1n) is 10.7. The maximum atomic E-state index is 13.2. The zero-order valence-electron chi connectivity index (χ0n) is 19.7. The van der Waals surface area contributed by atoms with Crippen molar-refractivity contribution in [1.29, 1.82) is 0 Å². The number of hydrogen-bond donors (Lipinski definition) is 1. The first kappa shape index (κ1) is 24.6. The van der Waals surface area contributed by atoms with E-state index in [0.717, 1.165) is 11.0 Å². The van der Waals surface area contributed by atoms with Crippen LogP contribution in [-0.4, -0.2) is 42.6 Å². The van der Waals surface area contributed by atoms with E-state index in [1.807, 2.05) is 30.3 Å². The van der Waals surface area contributed by atoms with Crippen molar-refractivity contribution in [2.75, 3.05) is 18.9 Å². The third-order valence-electron chi connectivity index (χ3n) is 4.87. The zero-order chi connectivity index (χ0) is 25.5. The van der Waals surface area contributed by atoms with Gasteiger partial charge in [0.1, 0.15) is 0 Å². The highest BCUT2D eigenvalue weighted by molar-refractivity contribution is 7.95. The van der Waals surface area contributed by atoms with Gasteiger partial charge in [0.25, 0.3) is 15.9 Å². The van der Waals surface area contributed by atoms with Crippen LogP contribution in [0.4, 0.5) is 5.82 Å². The Morgan fingerprint density at radius 1 is 0.833 bits per heavy atom. The second kappa shape index (κ2) is 10.8. The SMILES string of the molecule is COc1ccccc1Oc1c(NS(=O)(=O)/C=C(\C)c2ccccc2)nc(-c2ncccn2)nc1OC. The van der Waals surface area contributed by atoms with Crippen LogP contribution in [0.3, 0.4) is 0 Å². The lowest BCUT2D eigenvalue weighted by atomic mass is 10.1. The topological polar surface area (TPSA) is 125 Å². The van der Waals surface area contributed by atoms with Gasteiger partial charge in [0.2, 0.25) is 11.6 Å². The number of para-hydroxylation sites is 2. The average Bonchev–Trinajstić information content (AvgIpc) is 2.90. The molecule has 1 N–H and O–H groups in total. The lowest BCUT2D eigenvalue weighted by molar-refractivity contribution is 0.348. The van der Waals surface area contributed by atoms with E-state index in [1.165, 1.54) is 26.6 Å². The Morgan fingerprint density at radius 3 is 2.17 bits per heavy atom. The van der Waals surface area contributed by atoms with Crippen molar-refractivity contribution in [3.05, 3.63) is 84.0 Å². The van der Waals surface area contributed by atoms with E-state index in [0.29, 0.717) is 17.1 Å². The number of rotatable bonds is 9. The maximum Gasteiger partial charge on any atom is 0.263 e. The molecule has 4 aromatic rings. The van der Waals surface area contributed by atoms with Crippen molar-refractivity contribution in [3.63, 3.8) is 0 Å². The zero-order valence-corrected chi connectivity index (χ0v) is 20.6. The molecule has 0 bridgehead atoms. The maximum absolute atomic E-state index is 13.2. The van der Waals surface area contributed by atoms with E-state index in [9.17, 15) is 8.42 Å². The van der Waals surface area contributed by atoms with Gasteiger partial charge in [-0.15, -0.1) is 0 Å². The van der Waals surface area contributed by atoms with Crippen molar-refractivity contribution < 1.29 is 22.6 Å². The second-order valence-corrected chi connectivity index (χ2v) is 8.90. The summed E-state index contributed by atoms with van der Waals surface area (Å²) in [4.78, 5) is 17.0. The third kappa shape index (κ3) is 5.76. The largest absolute Gasteiger partial charge is 0.493 e. The molecule has 0 radical (unpaired) electrons. The number of anilines is 1. The van der Waals surface area contributed by atoms with Crippen LogP contribution in [0.25, 0.3) is 17.2 Å². The number of benzene rings is 2. The highest BCUT2D eigenvalue weighted by Crippen LogP contribution is 2.40. The fourth-order valence-corrected chi connectivity index (χ4v) is 4.29. The molecular weight excluding hydrogens is 482 g/mol. The Hall–Kier alpha value is -4.51. The molecule has 2 aromatic carbocycles. The summed E-state index contributed by atoms with van der Waals surface area (Å²) in [5, 5.41) is 1.11. The van der Waals surface area contributed by atoms with Gasteiger partial charge in [-0.2, -0.15) is 4.98 Å². The minimum absolute atomic E-state index is 0.0279. The molecule has 10 nitrogen and oxygen atoms in total. The molecule has 0 aliphatic heterocycles. The normalized spacial score (nSPS) is 11.6. The van der Waals surface area contributed by atoms with Crippen LogP contribution >= 0.6 is 0 Å². The molecule has 0 amide bonds. The smallest absolute Gasteiger partial charge is 0.263 e. The summed E-state index contributed by atoms with van der Waals surface area (Å²) in [6, 6.07) is 17.6. The van der Waals surface area contributed by atoms with Gasteiger partial charge in [-0.3, -0.25) is 4.72 Å². The first-order valence-corrected chi connectivity index (χ1v) is 12.3. The van der Waals surface area contributed by atoms with Crippen molar-refractivity contribution in [1.82, 2.24) is 19.9 Å². The summed E-state index contributed by atoms with van der Waals surface area (Å²) in [7, 11) is -1.17. The molecule has 2 aromatic heterocycles. The average molecular weight is 506 g/mol. The third-order valence-corrected chi connectivity index (χ3v) is 6.02. The van der Waals surface area contributed by atoms with Gasteiger partial charge in [-0.05, 0) is 36.3 Å². The minimum atomic E-state index is -4.05. The summed E-state index contributed by atoms with van der Waals surface area (Å²) in [6.45, 7) is 1.70. The fourth-order valence-electron chi connectivity index (χ4n) is 3.22. The predicted molar refractivity (Wildman–Crippen MR) is 135 cm³/mol. The van der Waals surface area contributed by atoms with E-state index >= 15 is 0 Å². The highest BCUT2D eigenvalue weighted by atomic mass is 32.2. The second-order valence-electron chi connectivity index (χ2n) is 7.37. The number of nitrogens with zero attached hydrogens (tertiary/aromatic N) is 4. The number of methoxy groups -OCH3 is 2. The number of ether oxygens (including phenoxy) is 3. The molecule has 0 saturated heterocycles. The number of aromatic nitrogens is 4. The quantitative estimate of drug-likeness (QED) is 0.349. The molecule has 11 heteroatoms. The van der Waals surface area contributed by atoms with Crippen LogP contribution < -0.4 is 18.9 Å². The van der Waals surface area contributed by atoms with Gasteiger partial charge in [-0.1, -0.05) is 42.5 Å². The molecule has 2 heterocycles. The first-order chi connectivity index (χ1) is 17.4. The van der Waals surface area contributed by atoms with Gasteiger partial charge in [0.15, 0.2) is 23.1 Å². The number of hydrogen-bond acceptors (Lipinski definition) is 9. The van der Waals surface area contributed by atoms with Gasteiger partial charge >= 0.3 is 0 Å². The molecule has 0 unspecified atom stereocenters. The van der Waals surface area contributed by atoms with Gasteiger partial charge in [0, 0.05) is 12.4 Å². The van der Waals surface area contributed by atoms with Crippen molar-refractivity contribution in [3.8, 4) is 34.8 Å². The van der Waals surface area contributed by atoms with Gasteiger partial charge in [-0.25, -0.2) is 23.4 Å². The van der Waals surface area contributed by atoms with Crippen molar-refractivity contribution >= 4 is 21.4 Å². The molecular formula is C25H23N5O5S. The molecule has 0 spiro atoms. The molecule has 4 rings (SSSR count). The van der Waals surface area contributed by atoms with Crippen LogP contribution in [0.15, 0.2) is 78.5 Å². The van der Waals surface area contributed by atoms with Crippen molar-refractivity contribution in [2.45, 2.75) is 6.92 Å². The Kier molecular flexibility index (Phi) is 7.40. The lowest BCUT2D eigenvalue weighted by Crippen LogP contribution is -2.14. The Labute approximate surface area is 208 Å². The number of nitrogens with one attached hydrogen (secondary N) is 1. The van der Waals surface area contributed by atoms with Crippen molar-refractivity contribution in [2.24, 2.45) is 0 Å². The lowest BCUT2D eigenvalue weighted by Gasteiger charge is -2.16. The summed E-state index contributed by atoms with van der Waals surface area (Å²) in [5.74, 6) is 0.700. The summed E-state index contributed by atoms with van der Waals surface area (Å²) in [5.41, 5.74) is 1.29.